The lowest BCUT2D eigenvalue weighted by molar-refractivity contribution is -0.122. The summed E-state index contributed by atoms with van der Waals surface area (Å²) in [6.45, 7) is 4.90. The first-order valence-corrected chi connectivity index (χ1v) is 7.37. The molecule has 2 aliphatic heterocycles. The number of amides is 1. The van der Waals surface area contributed by atoms with Gasteiger partial charge >= 0.3 is 0 Å². The molecule has 2 heterocycles. The SMILES string of the molecule is Cc1ccc2c(c1)CCCN2C(=O)[C@H]1CCCNC1. The second kappa shape index (κ2) is 5.33. The summed E-state index contributed by atoms with van der Waals surface area (Å²) in [5, 5.41) is 3.34. The van der Waals surface area contributed by atoms with Crippen molar-refractivity contribution in [1.29, 1.82) is 0 Å². The molecule has 3 rings (SSSR count). The molecule has 0 bridgehead atoms. The van der Waals surface area contributed by atoms with Gasteiger partial charge in [-0.05, 0) is 50.8 Å². The standard InChI is InChI=1S/C16H22N2O/c1-12-6-7-15-13(10-12)5-3-9-18(15)16(19)14-4-2-8-17-11-14/h6-7,10,14,17H,2-5,8-9,11H2,1H3/t14-/m0/s1. The summed E-state index contributed by atoms with van der Waals surface area (Å²) in [6, 6.07) is 6.47. The van der Waals surface area contributed by atoms with E-state index >= 15 is 0 Å². The summed E-state index contributed by atoms with van der Waals surface area (Å²) in [7, 11) is 0. The molecule has 1 aromatic rings. The number of carbonyl (C=O) groups excluding carboxylic acids is 1. The number of aryl methyl sites for hydroxylation is 2. The van der Waals surface area contributed by atoms with E-state index in [1.165, 1.54) is 11.1 Å². The number of nitrogens with zero attached hydrogens (tertiary/aromatic N) is 1. The fourth-order valence-electron chi connectivity index (χ4n) is 3.24. The van der Waals surface area contributed by atoms with Crippen LogP contribution in [-0.4, -0.2) is 25.5 Å². The maximum atomic E-state index is 12.7. The van der Waals surface area contributed by atoms with E-state index in [2.05, 4.69) is 30.4 Å². The van der Waals surface area contributed by atoms with Crippen LogP contribution in [0.2, 0.25) is 0 Å². The third kappa shape index (κ3) is 2.52. The van der Waals surface area contributed by atoms with Crippen LogP contribution in [0.5, 0.6) is 0 Å². The van der Waals surface area contributed by atoms with Crippen molar-refractivity contribution in [3.63, 3.8) is 0 Å². The summed E-state index contributed by atoms with van der Waals surface area (Å²) in [5.41, 5.74) is 3.77. The van der Waals surface area contributed by atoms with Gasteiger partial charge in [0.1, 0.15) is 0 Å². The van der Waals surface area contributed by atoms with Gasteiger partial charge in [0.05, 0.1) is 5.92 Å². The Morgan fingerprint density at radius 2 is 2.26 bits per heavy atom. The van der Waals surface area contributed by atoms with Crippen LogP contribution in [0.15, 0.2) is 18.2 Å². The number of hydrogen-bond donors (Lipinski definition) is 1. The molecule has 102 valence electrons. The molecule has 0 spiro atoms. The van der Waals surface area contributed by atoms with E-state index in [1.807, 2.05) is 4.90 Å². The maximum Gasteiger partial charge on any atom is 0.231 e. The Morgan fingerprint density at radius 1 is 1.37 bits per heavy atom. The third-order valence-corrected chi connectivity index (χ3v) is 4.27. The zero-order valence-electron chi connectivity index (χ0n) is 11.6. The highest BCUT2D eigenvalue weighted by atomic mass is 16.2. The molecule has 1 aromatic carbocycles. The van der Waals surface area contributed by atoms with Crippen molar-refractivity contribution in [2.45, 2.75) is 32.6 Å². The topological polar surface area (TPSA) is 32.3 Å². The highest BCUT2D eigenvalue weighted by Crippen LogP contribution is 2.30. The van der Waals surface area contributed by atoms with Gasteiger partial charge in [-0.15, -0.1) is 0 Å². The Kier molecular flexibility index (Phi) is 3.56. The van der Waals surface area contributed by atoms with Crippen LogP contribution in [-0.2, 0) is 11.2 Å². The minimum Gasteiger partial charge on any atom is -0.316 e. The number of anilines is 1. The average molecular weight is 258 g/mol. The highest BCUT2D eigenvalue weighted by molar-refractivity contribution is 5.96. The molecular formula is C16H22N2O. The van der Waals surface area contributed by atoms with E-state index in [0.717, 1.165) is 51.0 Å². The lowest BCUT2D eigenvalue weighted by Crippen LogP contribution is -2.45. The van der Waals surface area contributed by atoms with Gasteiger partial charge in [0.2, 0.25) is 5.91 Å². The fraction of sp³-hybridized carbons (Fsp3) is 0.562. The van der Waals surface area contributed by atoms with Gasteiger partial charge in [0.25, 0.3) is 0 Å². The summed E-state index contributed by atoms with van der Waals surface area (Å²) in [6.07, 6.45) is 4.33. The average Bonchev–Trinajstić information content (AvgIpc) is 2.46. The van der Waals surface area contributed by atoms with Crippen molar-refractivity contribution < 1.29 is 4.79 Å². The lowest BCUT2D eigenvalue weighted by atomic mass is 9.94. The van der Waals surface area contributed by atoms with E-state index in [1.54, 1.807) is 0 Å². The number of piperidine rings is 1. The molecule has 1 N–H and O–H groups in total. The molecule has 0 radical (unpaired) electrons. The zero-order chi connectivity index (χ0) is 13.2. The van der Waals surface area contributed by atoms with Gasteiger partial charge in [0, 0.05) is 18.8 Å². The van der Waals surface area contributed by atoms with Crippen LogP contribution < -0.4 is 10.2 Å². The zero-order valence-corrected chi connectivity index (χ0v) is 11.6. The molecule has 1 atom stereocenters. The predicted octanol–water partition coefficient (Wildman–Crippen LogP) is 2.27. The maximum absolute atomic E-state index is 12.7. The summed E-state index contributed by atoms with van der Waals surface area (Å²) in [5.74, 6) is 0.484. The van der Waals surface area contributed by atoms with Gasteiger partial charge in [-0.1, -0.05) is 17.7 Å². The molecule has 2 aliphatic rings. The number of nitrogens with one attached hydrogen (secondary N) is 1. The van der Waals surface area contributed by atoms with Crippen molar-refractivity contribution in [2.24, 2.45) is 5.92 Å². The van der Waals surface area contributed by atoms with Crippen molar-refractivity contribution in [2.75, 3.05) is 24.5 Å². The molecule has 0 aliphatic carbocycles. The first-order chi connectivity index (χ1) is 9.25. The molecular weight excluding hydrogens is 236 g/mol. The molecule has 19 heavy (non-hydrogen) atoms. The number of benzene rings is 1. The van der Waals surface area contributed by atoms with E-state index in [4.69, 9.17) is 0 Å². The second-order valence-electron chi connectivity index (χ2n) is 5.77. The predicted molar refractivity (Wildman–Crippen MR) is 77.4 cm³/mol. The smallest absolute Gasteiger partial charge is 0.231 e. The number of hydrogen-bond acceptors (Lipinski definition) is 2. The Labute approximate surface area is 115 Å². The van der Waals surface area contributed by atoms with Gasteiger partial charge in [-0.25, -0.2) is 0 Å². The molecule has 3 heteroatoms. The lowest BCUT2D eigenvalue weighted by Gasteiger charge is -2.34. The first kappa shape index (κ1) is 12.7. The Hall–Kier alpha value is -1.35. The van der Waals surface area contributed by atoms with Crippen molar-refractivity contribution >= 4 is 11.6 Å². The van der Waals surface area contributed by atoms with Crippen LogP contribution in [0.25, 0.3) is 0 Å². The van der Waals surface area contributed by atoms with Crippen LogP contribution >= 0.6 is 0 Å². The van der Waals surface area contributed by atoms with Gasteiger partial charge in [0.15, 0.2) is 0 Å². The molecule has 0 saturated carbocycles. The summed E-state index contributed by atoms with van der Waals surface area (Å²) in [4.78, 5) is 14.7. The monoisotopic (exact) mass is 258 g/mol. The van der Waals surface area contributed by atoms with Crippen LogP contribution in [0.1, 0.15) is 30.4 Å². The molecule has 1 fully saturated rings. The minimum absolute atomic E-state index is 0.168. The largest absolute Gasteiger partial charge is 0.316 e. The van der Waals surface area contributed by atoms with E-state index < -0.39 is 0 Å². The van der Waals surface area contributed by atoms with Crippen molar-refractivity contribution in [3.8, 4) is 0 Å². The van der Waals surface area contributed by atoms with Gasteiger partial charge in [-0.3, -0.25) is 4.79 Å². The normalized spacial score (nSPS) is 23.0. The van der Waals surface area contributed by atoms with Crippen LogP contribution in [0, 0.1) is 12.8 Å². The van der Waals surface area contributed by atoms with E-state index in [9.17, 15) is 4.79 Å². The van der Waals surface area contributed by atoms with E-state index in [-0.39, 0.29) is 5.92 Å². The quantitative estimate of drug-likeness (QED) is 0.838. The van der Waals surface area contributed by atoms with E-state index in [0.29, 0.717) is 5.91 Å². The number of carbonyl (C=O) groups is 1. The van der Waals surface area contributed by atoms with Gasteiger partial charge < -0.3 is 10.2 Å². The molecule has 0 unspecified atom stereocenters. The van der Waals surface area contributed by atoms with Crippen molar-refractivity contribution in [1.82, 2.24) is 5.32 Å². The summed E-state index contributed by atoms with van der Waals surface area (Å²) >= 11 is 0. The minimum atomic E-state index is 0.168. The highest BCUT2D eigenvalue weighted by Gasteiger charge is 2.29. The molecule has 0 aromatic heterocycles. The van der Waals surface area contributed by atoms with Gasteiger partial charge in [-0.2, -0.15) is 0 Å². The first-order valence-electron chi connectivity index (χ1n) is 7.37. The van der Waals surface area contributed by atoms with Crippen LogP contribution in [0.4, 0.5) is 5.69 Å². The number of rotatable bonds is 1. The molecule has 3 nitrogen and oxygen atoms in total. The third-order valence-electron chi connectivity index (χ3n) is 4.27. The Balaban J connectivity index is 1.84. The fourth-order valence-corrected chi connectivity index (χ4v) is 3.24. The molecule has 1 saturated heterocycles. The Bertz CT molecular complexity index is 478. The van der Waals surface area contributed by atoms with Crippen LogP contribution in [0.3, 0.4) is 0 Å². The Morgan fingerprint density at radius 3 is 3.05 bits per heavy atom. The number of fused-ring (bicyclic) bond motifs is 1. The molecule has 1 amide bonds. The second-order valence-corrected chi connectivity index (χ2v) is 5.77. The van der Waals surface area contributed by atoms with Crippen molar-refractivity contribution in [3.05, 3.63) is 29.3 Å². The summed E-state index contributed by atoms with van der Waals surface area (Å²) < 4.78 is 0.